The largest absolute Gasteiger partial charge is 0.472 e. The summed E-state index contributed by atoms with van der Waals surface area (Å²) in [5.41, 5.74) is 5.34. The summed E-state index contributed by atoms with van der Waals surface area (Å²) in [5.74, 6) is -1.56. The summed E-state index contributed by atoms with van der Waals surface area (Å²) >= 11 is 0. The Kier molecular flexibility index (Phi) is 30.2. The molecule has 6 atom stereocenters. The molecule has 0 radical (unpaired) electrons. The molecule has 5 N–H and O–H groups in total. The van der Waals surface area contributed by atoms with Gasteiger partial charge in [0, 0.05) is 31.7 Å². The van der Waals surface area contributed by atoms with Crippen molar-refractivity contribution < 1.29 is 52.6 Å². The first-order valence-corrected chi connectivity index (χ1v) is 22.8. The van der Waals surface area contributed by atoms with Crippen LogP contribution in [0.2, 0.25) is 0 Å². The van der Waals surface area contributed by atoms with Crippen molar-refractivity contribution in [2.45, 2.75) is 193 Å². The molecule has 0 saturated heterocycles. The molecule has 0 bridgehead atoms. The number of carbonyl (C=O) groups is 3. The van der Waals surface area contributed by atoms with Crippen LogP contribution in [0.15, 0.2) is 12.2 Å². The lowest BCUT2D eigenvalue weighted by molar-refractivity contribution is -0.161. The average Bonchev–Trinajstić information content (AvgIpc) is 3.41. The monoisotopic (exact) mass is 790 g/mol. The minimum Gasteiger partial charge on any atom is -0.462 e. The lowest BCUT2D eigenvalue weighted by atomic mass is 9.88. The van der Waals surface area contributed by atoms with Crippen LogP contribution < -0.4 is 5.73 Å². The smallest absolute Gasteiger partial charge is 0.462 e. The van der Waals surface area contributed by atoms with Gasteiger partial charge in [0.05, 0.1) is 25.4 Å². The van der Waals surface area contributed by atoms with E-state index in [1.165, 1.54) is 57.8 Å². The molecule has 13 heteroatoms. The number of ketones is 1. The van der Waals surface area contributed by atoms with Gasteiger partial charge in [-0.1, -0.05) is 142 Å². The molecule has 0 amide bonds. The predicted molar refractivity (Wildman–Crippen MR) is 212 cm³/mol. The van der Waals surface area contributed by atoms with Crippen LogP contribution in [-0.4, -0.2) is 77.5 Å². The summed E-state index contributed by atoms with van der Waals surface area (Å²) in [6.45, 7) is 3.36. The molecule has 54 heavy (non-hydrogen) atoms. The highest BCUT2D eigenvalue weighted by Gasteiger charge is 2.39. The zero-order valence-corrected chi connectivity index (χ0v) is 34.6. The van der Waals surface area contributed by atoms with E-state index in [9.17, 15) is 34.1 Å². The number of carbonyl (C=O) groups excluding carboxylic acids is 3. The average molecular weight is 790 g/mol. The fourth-order valence-electron chi connectivity index (χ4n) is 6.83. The minimum atomic E-state index is -4.44. The molecule has 0 aromatic carbocycles. The lowest BCUT2D eigenvalue weighted by Gasteiger charge is -2.20. The van der Waals surface area contributed by atoms with E-state index < -0.39 is 50.6 Å². The first kappa shape index (κ1) is 50.4. The molecular weight excluding hydrogens is 713 g/mol. The summed E-state index contributed by atoms with van der Waals surface area (Å²) in [4.78, 5) is 47.5. The van der Waals surface area contributed by atoms with Crippen molar-refractivity contribution in [2.75, 3.05) is 26.4 Å². The van der Waals surface area contributed by atoms with Gasteiger partial charge in [-0.05, 0) is 31.6 Å². The van der Waals surface area contributed by atoms with Gasteiger partial charge in [-0.25, -0.2) is 4.57 Å². The van der Waals surface area contributed by atoms with Gasteiger partial charge in [-0.3, -0.25) is 23.4 Å². The minimum absolute atomic E-state index is 0.000418. The SMILES string of the molecule is CCCCCCCCCCCCCCCC(=O)OC[C@H](COP(=O)(O)OCCN)OC(=O)CCCCCC[C@H]1[C@@H](O)CC(=O)[C@@H]1/C=C/[C@@H](O)CCCCC. The van der Waals surface area contributed by atoms with E-state index >= 15 is 0 Å². The van der Waals surface area contributed by atoms with Gasteiger partial charge in [0.1, 0.15) is 12.4 Å². The summed E-state index contributed by atoms with van der Waals surface area (Å²) in [6, 6.07) is 0. The molecule has 1 unspecified atom stereocenters. The first-order valence-electron chi connectivity index (χ1n) is 21.3. The van der Waals surface area contributed by atoms with Crippen molar-refractivity contribution in [1.82, 2.24) is 0 Å². The number of ether oxygens (including phenoxy) is 2. The second kappa shape index (κ2) is 32.4. The fraction of sp³-hybridized carbons (Fsp3) is 0.878. The van der Waals surface area contributed by atoms with E-state index in [1.54, 1.807) is 12.2 Å². The molecule has 0 aromatic rings. The molecule has 1 aliphatic carbocycles. The normalized spacial score (nSPS) is 19.6. The van der Waals surface area contributed by atoms with Crippen molar-refractivity contribution in [3.05, 3.63) is 12.2 Å². The van der Waals surface area contributed by atoms with Crippen LogP contribution in [0.3, 0.4) is 0 Å². The predicted octanol–water partition coefficient (Wildman–Crippen LogP) is 8.42. The Morgan fingerprint density at radius 1 is 0.796 bits per heavy atom. The number of rotatable bonds is 36. The maximum absolute atomic E-state index is 12.7. The summed E-state index contributed by atoms with van der Waals surface area (Å²) in [5, 5.41) is 20.7. The van der Waals surface area contributed by atoms with E-state index in [0.29, 0.717) is 25.7 Å². The Labute approximate surface area is 326 Å². The maximum Gasteiger partial charge on any atom is 0.472 e. The number of esters is 2. The second-order valence-electron chi connectivity index (χ2n) is 15.0. The zero-order valence-electron chi connectivity index (χ0n) is 33.7. The maximum atomic E-state index is 12.7. The van der Waals surface area contributed by atoms with E-state index in [4.69, 9.17) is 24.3 Å². The van der Waals surface area contributed by atoms with Gasteiger partial charge in [-0.15, -0.1) is 0 Å². The standard InChI is InChI=1S/C41H76NO11P/c1-3-5-7-8-9-10-11-12-13-14-15-16-21-25-40(46)50-32-35(33-52-54(48,49)51-30-29-42)53-41(47)26-22-18-17-20-24-36-37(39(45)31-38(36)44)28-27-34(43)23-19-6-4-2/h27-28,34-38,43-44H,3-26,29-33,42H2,1-2H3,(H,48,49)/b28-27+/t34-,35+,36+,37+,38-/m0/s1. The van der Waals surface area contributed by atoms with Crippen LogP contribution in [0, 0.1) is 11.8 Å². The highest BCUT2D eigenvalue weighted by molar-refractivity contribution is 7.47. The first-order chi connectivity index (χ1) is 26.0. The Hall–Kier alpha value is -1.66. The third-order valence-corrected chi connectivity index (χ3v) is 11.0. The van der Waals surface area contributed by atoms with Crippen LogP contribution in [0.1, 0.15) is 174 Å². The van der Waals surface area contributed by atoms with Gasteiger partial charge >= 0.3 is 19.8 Å². The third kappa shape index (κ3) is 26.2. The van der Waals surface area contributed by atoms with Gasteiger partial charge in [0.25, 0.3) is 0 Å². The zero-order chi connectivity index (χ0) is 39.9. The van der Waals surface area contributed by atoms with Gasteiger partial charge < -0.3 is 30.3 Å². The number of unbranched alkanes of at least 4 members (excludes halogenated alkanes) is 17. The van der Waals surface area contributed by atoms with Crippen LogP contribution in [0.4, 0.5) is 0 Å². The quantitative estimate of drug-likeness (QED) is 0.0205. The van der Waals surface area contributed by atoms with Gasteiger partial charge in [0.2, 0.25) is 0 Å². The number of Topliss-reactive ketones (excluding diaryl/α,β-unsaturated/α-hetero) is 1. The fourth-order valence-corrected chi connectivity index (χ4v) is 7.60. The number of phosphoric ester groups is 1. The number of hydrogen-bond acceptors (Lipinski definition) is 11. The molecule has 0 heterocycles. The number of nitrogens with two attached hydrogens (primary N) is 1. The number of aliphatic hydroxyl groups excluding tert-OH is 2. The van der Waals surface area contributed by atoms with Crippen molar-refractivity contribution in [2.24, 2.45) is 17.6 Å². The molecule has 12 nitrogen and oxygen atoms in total. The summed E-state index contributed by atoms with van der Waals surface area (Å²) in [6.07, 6.45) is 24.3. The highest BCUT2D eigenvalue weighted by atomic mass is 31.2. The van der Waals surface area contributed by atoms with E-state index in [-0.39, 0.29) is 50.7 Å². The Bertz CT molecular complexity index is 1060. The van der Waals surface area contributed by atoms with Gasteiger partial charge in [-0.2, -0.15) is 0 Å². The van der Waals surface area contributed by atoms with E-state index in [1.807, 2.05) is 0 Å². The van der Waals surface area contributed by atoms with E-state index in [0.717, 1.165) is 57.8 Å². The van der Waals surface area contributed by atoms with Gasteiger partial charge in [0.15, 0.2) is 6.10 Å². The summed E-state index contributed by atoms with van der Waals surface area (Å²) in [7, 11) is -4.44. The number of hydrogen-bond donors (Lipinski definition) is 4. The van der Waals surface area contributed by atoms with Crippen LogP contribution in [0.25, 0.3) is 0 Å². The van der Waals surface area contributed by atoms with Crippen LogP contribution in [0.5, 0.6) is 0 Å². The Morgan fingerprint density at radius 3 is 1.93 bits per heavy atom. The van der Waals surface area contributed by atoms with Crippen molar-refractivity contribution in [3.8, 4) is 0 Å². The van der Waals surface area contributed by atoms with Crippen LogP contribution in [-0.2, 0) is 37.5 Å². The molecular formula is C41H76NO11P. The number of phosphoric acid groups is 1. The highest BCUT2D eigenvalue weighted by Crippen LogP contribution is 2.43. The molecule has 0 spiro atoms. The molecule has 0 aliphatic heterocycles. The number of aliphatic hydroxyl groups is 2. The third-order valence-electron chi connectivity index (χ3n) is 10.1. The molecule has 1 fully saturated rings. The van der Waals surface area contributed by atoms with Crippen molar-refractivity contribution in [1.29, 1.82) is 0 Å². The second-order valence-corrected chi connectivity index (χ2v) is 16.5. The van der Waals surface area contributed by atoms with Crippen LogP contribution >= 0.6 is 7.82 Å². The van der Waals surface area contributed by atoms with E-state index in [2.05, 4.69) is 13.8 Å². The van der Waals surface area contributed by atoms with Crippen molar-refractivity contribution >= 4 is 25.5 Å². The molecule has 1 aliphatic rings. The Morgan fingerprint density at radius 2 is 1.33 bits per heavy atom. The summed E-state index contributed by atoms with van der Waals surface area (Å²) < 4.78 is 32.7. The molecule has 1 rings (SSSR count). The van der Waals surface area contributed by atoms with Crippen molar-refractivity contribution in [3.63, 3.8) is 0 Å². The number of allylic oxidation sites excluding steroid dienone is 1. The Balaban J connectivity index is 2.40. The molecule has 0 aromatic heterocycles. The topological polar surface area (TPSA) is 192 Å². The molecule has 316 valence electrons. The lowest BCUT2D eigenvalue weighted by Crippen LogP contribution is -2.29. The molecule has 1 saturated carbocycles.